The van der Waals surface area contributed by atoms with E-state index in [4.69, 9.17) is 4.74 Å². The largest absolute Gasteiger partial charge is 0.385 e. The van der Waals surface area contributed by atoms with Crippen molar-refractivity contribution >= 4 is 16.8 Å². The van der Waals surface area contributed by atoms with Crippen molar-refractivity contribution in [1.82, 2.24) is 10.3 Å². The highest BCUT2D eigenvalue weighted by molar-refractivity contribution is 5.79. The molecule has 1 amide bonds. The average Bonchev–Trinajstić information content (AvgIpc) is 2.52. The third kappa shape index (κ3) is 5.16. The lowest BCUT2D eigenvalue weighted by Crippen LogP contribution is -2.22. The Kier molecular flexibility index (Phi) is 6.16. The lowest BCUT2D eigenvalue weighted by Gasteiger charge is -2.06. The molecule has 0 radical (unpaired) electrons. The number of nitrogens with one attached hydrogen (secondary N) is 1. The van der Waals surface area contributed by atoms with Crippen LogP contribution in [-0.2, 0) is 16.1 Å². The van der Waals surface area contributed by atoms with Crippen molar-refractivity contribution in [3.05, 3.63) is 42.1 Å². The summed E-state index contributed by atoms with van der Waals surface area (Å²) in [5.74, 6) is 0.110. The predicted molar refractivity (Wildman–Crippen MR) is 83.9 cm³/mol. The molecular formula is C17H22N2O2. The van der Waals surface area contributed by atoms with Crippen LogP contribution in [0.3, 0.4) is 0 Å². The Balaban J connectivity index is 1.75. The van der Waals surface area contributed by atoms with Crippen molar-refractivity contribution in [1.29, 1.82) is 0 Å². The van der Waals surface area contributed by atoms with Crippen LogP contribution in [0.25, 0.3) is 10.9 Å². The van der Waals surface area contributed by atoms with Crippen LogP contribution >= 0.6 is 0 Å². The summed E-state index contributed by atoms with van der Waals surface area (Å²) in [4.78, 5) is 16.0. The molecule has 0 bridgehead atoms. The number of hydrogen-bond acceptors (Lipinski definition) is 3. The normalized spacial score (nSPS) is 10.7. The maximum Gasteiger partial charge on any atom is 0.220 e. The number of pyridine rings is 1. The quantitative estimate of drug-likeness (QED) is 0.759. The van der Waals surface area contributed by atoms with Gasteiger partial charge in [0.1, 0.15) is 0 Å². The summed E-state index contributed by atoms with van der Waals surface area (Å²) >= 11 is 0. The summed E-state index contributed by atoms with van der Waals surface area (Å²) in [6.45, 7) is 1.34. The first-order chi connectivity index (χ1) is 10.3. The first kappa shape index (κ1) is 15.4. The number of fused-ring (bicyclic) bond motifs is 1. The van der Waals surface area contributed by atoms with Crippen LogP contribution in [0.2, 0.25) is 0 Å². The molecule has 0 spiro atoms. The molecule has 0 saturated heterocycles. The molecule has 0 fully saturated rings. The van der Waals surface area contributed by atoms with E-state index in [2.05, 4.69) is 16.4 Å². The van der Waals surface area contributed by atoms with E-state index in [0.29, 0.717) is 13.0 Å². The summed E-state index contributed by atoms with van der Waals surface area (Å²) in [6.07, 6.45) is 5.33. The van der Waals surface area contributed by atoms with Crippen LogP contribution in [0.1, 0.15) is 31.2 Å². The minimum Gasteiger partial charge on any atom is -0.385 e. The molecule has 1 aromatic heterocycles. The van der Waals surface area contributed by atoms with Crippen LogP contribution in [-0.4, -0.2) is 24.6 Å². The molecule has 1 aromatic carbocycles. The van der Waals surface area contributed by atoms with E-state index < -0.39 is 0 Å². The second-order valence-corrected chi connectivity index (χ2v) is 5.11. The van der Waals surface area contributed by atoms with E-state index in [1.807, 2.05) is 24.3 Å². The number of rotatable bonds is 8. The highest BCUT2D eigenvalue weighted by atomic mass is 16.5. The number of benzene rings is 1. The van der Waals surface area contributed by atoms with E-state index in [9.17, 15) is 4.79 Å². The maximum absolute atomic E-state index is 11.8. The van der Waals surface area contributed by atoms with Crippen LogP contribution < -0.4 is 5.32 Å². The molecule has 0 atom stereocenters. The number of carbonyl (C=O) groups excluding carboxylic acids is 1. The van der Waals surface area contributed by atoms with Crippen molar-refractivity contribution in [3.63, 3.8) is 0 Å². The summed E-state index contributed by atoms with van der Waals surface area (Å²) < 4.78 is 4.98. The lowest BCUT2D eigenvalue weighted by molar-refractivity contribution is -0.121. The van der Waals surface area contributed by atoms with E-state index in [0.717, 1.165) is 42.3 Å². The summed E-state index contributed by atoms with van der Waals surface area (Å²) in [7, 11) is 1.70. The second-order valence-electron chi connectivity index (χ2n) is 5.11. The van der Waals surface area contributed by atoms with Crippen LogP contribution in [0, 0.1) is 0 Å². The fourth-order valence-corrected chi connectivity index (χ4v) is 2.23. The van der Waals surface area contributed by atoms with Gasteiger partial charge in [0.25, 0.3) is 0 Å². The third-order valence-corrected chi connectivity index (χ3v) is 3.41. The van der Waals surface area contributed by atoms with Crippen molar-refractivity contribution in [2.24, 2.45) is 0 Å². The highest BCUT2D eigenvalue weighted by Crippen LogP contribution is 2.13. The zero-order chi connectivity index (χ0) is 14.9. The van der Waals surface area contributed by atoms with Gasteiger partial charge < -0.3 is 10.1 Å². The molecule has 1 N–H and O–H groups in total. The molecule has 0 saturated carbocycles. The number of aromatic nitrogens is 1. The molecule has 2 rings (SSSR count). The first-order valence-corrected chi connectivity index (χ1v) is 7.39. The number of methoxy groups -OCH3 is 1. The molecular weight excluding hydrogens is 264 g/mol. The minimum atomic E-state index is 0.110. The zero-order valence-electron chi connectivity index (χ0n) is 12.5. The summed E-state index contributed by atoms with van der Waals surface area (Å²) in [5, 5.41) is 4.06. The SMILES string of the molecule is COCCCCCC(=O)NCc1ccc2ncccc2c1. The van der Waals surface area contributed by atoms with Crippen molar-refractivity contribution in [2.45, 2.75) is 32.2 Å². The summed E-state index contributed by atoms with van der Waals surface area (Å²) in [6, 6.07) is 10.0. The van der Waals surface area contributed by atoms with Crippen LogP contribution in [0.5, 0.6) is 0 Å². The van der Waals surface area contributed by atoms with Gasteiger partial charge in [-0.2, -0.15) is 0 Å². The van der Waals surface area contributed by atoms with E-state index in [1.54, 1.807) is 13.3 Å². The fourth-order valence-electron chi connectivity index (χ4n) is 2.23. The number of carbonyl (C=O) groups is 1. The Morgan fingerprint density at radius 3 is 3.00 bits per heavy atom. The molecule has 4 heteroatoms. The number of hydrogen-bond donors (Lipinski definition) is 1. The van der Waals surface area contributed by atoms with Gasteiger partial charge in [0.05, 0.1) is 5.52 Å². The molecule has 2 aromatic rings. The third-order valence-electron chi connectivity index (χ3n) is 3.41. The van der Waals surface area contributed by atoms with Gasteiger partial charge in [0.15, 0.2) is 0 Å². The smallest absolute Gasteiger partial charge is 0.220 e. The number of ether oxygens (including phenoxy) is 1. The lowest BCUT2D eigenvalue weighted by atomic mass is 10.1. The van der Waals surface area contributed by atoms with Gasteiger partial charge in [-0.15, -0.1) is 0 Å². The topological polar surface area (TPSA) is 51.2 Å². The Bertz CT molecular complexity index is 584. The predicted octanol–water partition coefficient (Wildman–Crippen LogP) is 3.06. The Hall–Kier alpha value is -1.94. The van der Waals surface area contributed by atoms with Crippen molar-refractivity contribution in [3.8, 4) is 0 Å². The second kappa shape index (κ2) is 8.37. The summed E-state index contributed by atoms with van der Waals surface area (Å²) in [5.41, 5.74) is 2.08. The Labute approximate surface area is 125 Å². The molecule has 0 unspecified atom stereocenters. The molecule has 112 valence electrons. The van der Waals surface area contributed by atoms with Gasteiger partial charge in [-0.3, -0.25) is 9.78 Å². The molecule has 1 heterocycles. The maximum atomic E-state index is 11.8. The zero-order valence-corrected chi connectivity index (χ0v) is 12.5. The molecule has 0 aliphatic heterocycles. The van der Waals surface area contributed by atoms with Gasteiger partial charge in [0, 0.05) is 38.3 Å². The molecule has 0 aliphatic rings. The number of unbranched alkanes of at least 4 members (excludes halogenated alkanes) is 2. The number of amides is 1. The van der Waals surface area contributed by atoms with Gasteiger partial charge in [0.2, 0.25) is 5.91 Å². The van der Waals surface area contributed by atoms with E-state index >= 15 is 0 Å². The van der Waals surface area contributed by atoms with Crippen molar-refractivity contribution < 1.29 is 9.53 Å². The van der Waals surface area contributed by atoms with Gasteiger partial charge in [-0.25, -0.2) is 0 Å². The van der Waals surface area contributed by atoms with Gasteiger partial charge >= 0.3 is 0 Å². The van der Waals surface area contributed by atoms with Crippen LogP contribution in [0.15, 0.2) is 36.5 Å². The Morgan fingerprint density at radius 1 is 1.24 bits per heavy atom. The van der Waals surface area contributed by atoms with Crippen LogP contribution in [0.4, 0.5) is 0 Å². The highest BCUT2D eigenvalue weighted by Gasteiger charge is 2.02. The van der Waals surface area contributed by atoms with E-state index in [-0.39, 0.29) is 5.91 Å². The average molecular weight is 286 g/mol. The number of nitrogens with zero attached hydrogens (tertiary/aromatic N) is 1. The first-order valence-electron chi connectivity index (χ1n) is 7.39. The fraction of sp³-hybridized carbons (Fsp3) is 0.412. The van der Waals surface area contributed by atoms with E-state index in [1.165, 1.54) is 0 Å². The Morgan fingerprint density at radius 2 is 2.14 bits per heavy atom. The van der Waals surface area contributed by atoms with Crippen molar-refractivity contribution in [2.75, 3.05) is 13.7 Å². The monoisotopic (exact) mass is 286 g/mol. The molecule has 4 nitrogen and oxygen atoms in total. The standard InChI is InChI=1S/C17H22N2O2/c1-21-11-4-2-3-7-17(20)19-13-14-8-9-16-15(12-14)6-5-10-18-16/h5-6,8-10,12H,2-4,7,11,13H2,1H3,(H,19,20). The molecule has 0 aliphatic carbocycles. The molecule has 21 heavy (non-hydrogen) atoms. The van der Waals surface area contributed by atoms with Gasteiger partial charge in [-0.1, -0.05) is 18.6 Å². The van der Waals surface area contributed by atoms with Gasteiger partial charge in [-0.05, 0) is 36.6 Å². The minimum absolute atomic E-state index is 0.110.